The van der Waals surface area contributed by atoms with E-state index in [0.717, 1.165) is 12.3 Å². The van der Waals surface area contributed by atoms with Crippen molar-refractivity contribution in [1.82, 2.24) is 19.6 Å². The van der Waals surface area contributed by atoms with E-state index in [4.69, 9.17) is 0 Å². The predicted octanol–water partition coefficient (Wildman–Crippen LogP) is 3.91. The normalized spacial score (nSPS) is 18.1. The van der Waals surface area contributed by atoms with Gasteiger partial charge in [0.15, 0.2) is 5.65 Å². The van der Waals surface area contributed by atoms with E-state index in [1.54, 1.807) is 0 Å². The second-order valence-corrected chi connectivity index (χ2v) is 9.11. The molecule has 0 fully saturated rings. The number of carbonyl (C=O) groups excluding carboxylic acids is 1. The zero-order valence-electron chi connectivity index (χ0n) is 17.8. The molecule has 1 atom stereocenters. The first kappa shape index (κ1) is 22.1. The van der Waals surface area contributed by atoms with Gasteiger partial charge in [0, 0.05) is 23.2 Å². The Morgan fingerprint density at radius 3 is 2.53 bits per heavy atom. The van der Waals surface area contributed by atoms with Crippen LogP contribution in [-0.2, 0) is 22.0 Å². The van der Waals surface area contributed by atoms with Crippen LogP contribution in [0.2, 0.25) is 0 Å². The molecule has 0 saturated carbocycles. The van der Waals surface area contributed by atoms with Crippen LogP contribution in [0.5, 0.6) is 0 Å². The summed E-state index contributed by atoms with van der Waals surface area (Å²) in [5.41, 5.74) is -2.75. The zero-order valence-corrected chi connectivity index (χ0v) is 17.8. The molecule has 7 nitrogen and oxygen atoms in total. The van der Waals surface area contributed by atoms with Gasteiger partial charge >= 0.3 is 6.18 Å². The van der Waals surface area contributed by atoms with Gasteiger partial charge in [-0.25, -0.2) is 9.50 Å². The summed E-state index contributed by atoms with van der Waals surface area (Å²) in [5, 5.41) is 16.4. The van der Waals surface area contributed by atoms with Crippen LogP contribution in [0.15, 0.2) is 24.5 Å². The number of aliphatic hydroxyl groups is 1. The van der Waals surface area contributed by atoms with E-state index < -0.39 is 46.2 Å². The van der Waals surface area contributed by atoms with Crippen LogP contribution in [0.1, 0.15) is 62.5 Å². The number of alkyl halides is 3. The lowest BCUT2D eigenvalue weighted by molar-refractivity contribution is -0.140. The van der Waals surface area contributed by atoms with Crippen LogP contribution in [0.4, 0.5) is 23.2 Å². The lowest BCUT2D eigenvalue weighted by atomic mass is 9.88. The third-order valence-electron chi connectivity index (χ3n) is 5.57. The van der Waals surface area contributed by atoms with Crippen LogP contribution in [0, 0.1) is 5.95 Å². The summed E-state index contributed by atoms with van der Waals surface area (Å²) in [6.07, 6.45) is -1.89. The average molecular weight is 451 g/mol. The van der Waals surface area contributed by atoms with Crippen molar-refractivity contribution in [2.45, 2.75) is 57.2 Å². The fourth-order valence-corrected chi connectivity index (χ4v) is 4.27. The molecule has 1 aliphatic carbocycles. The molecule has 0 saturated heterocycles. The van der Waals surface area contributed by atoms with Gasteiger partial charge in [0.2, 0.25) is 11.9 Å². The van der Waals surface area contributed by atoms with Crippen LogP contribution >= 0.6 is 0 Å². The Morgan fingerprint density at radius 1 is 1.22 bits per heavy atom. The van der Waals surface area contributed by atoms with E-state index in [2.05, 4.69) is 20.4 Å². The van der Waals surface area contributed by atoms with Crippen molar-refractivity contribution < 1.29 is 27.5 Å². The Bertz CT molecular complexity index is 1230. The summed E-state index contributed by atoms with van der Waals surface area (Å²) in [4.78, 5) is 21.0. The molecule has 0 bridgehead atoms. The molecule has 3 aromatic heterocycles. The topological polar surface area (TPSA) is 92.4 Å². The molecule has 0 aliphatic heterocycles. The number of aromatic nitrogens is 4. The number of fused-ring (bicyclic) bond motifs is 3. The zero-order chi connectivity index (χ0) is 23.6. The average Bonchev–Trinajstić information content (AvgIpc) is 3.16. The monoisotopic (exact) mass is 451 g/mol. The number of carbonyl (C=O) groups is 1. The Labute approximate surface area is 180 Å². The summed E-state index contributed by atoms with van der Waals surface area (Å²) < 4.78 is 55.6. The Hall–Kier alpha value is -3.08. The lowest BCUT2D eigenvalue weighted by Gasteiger charge is -2.22. The van der Waals surface area contributed by atoms with Gasteiger partial charge in [0.05, 0.1) is 34.8 Å². The fraction of sp³-hybridized carbons (Fsp3) is 0.429. The highest BCUT2D eigenvalue weighted by Gasteiger charge is 2.44. The first-order chi connectivity index (χ1) is 14.7. The molecule has 0 unspecified atom stereocenters. The predicted molar refractivity (Wildman–Crippen MR) is 106 cm³/mol. The Balaban J connectivity index is 1.70. The van der Waals surface area contributed by atoms with E-state index in [1.165, 1.54) is 30.6 Å². The van der Waals surface area contributed by atoms with E-state index >= 15 is 0 Å². The fourth-order valence-electron chi connectivity index (χ4n) is 4.27. The van der Waals surface area contributed by atoms with Crippen molar-refractivity contribution in [2.24, 2.45) is 0 Å². The molecule has 3 aromatic rings. The number of nitrogens with zero attached hydrogens (tertiary/aromatic N) is 4. The first-order valence-corrected chi connectivity index (χ1v) is 9.84. The SMILES string of the molecule is CC(C)(O)c1ncc(NC(=O)[C@@H]2CC(C)(C)c3c2cnc2cc(F)nn32)cc1C(F)(F)F. The number of halogens is 4. The molecule has 3 heterocycles. The molecule has 2 N–H and O–H groups in total. The number of rotatable bonds is 3. The van der Waals surface area contributed by atoms with Crippen LogP contribution in [0.25, 0.3) is 5.65 Å². The third-order valence-corrected chi connectivity index (χ3v) is 5.57. The van der Waals surface area contributed by atoms with E-state index in [1.807, 2.05) is 13.8 Å². The second kappa shape index (κ2) is 6.96. The molecular formula is C21H21F4N5O2. The number of hydrogen-bond donors (Lipinski definition) is 2. The van der Waals surface area contributed by atoms with Crippen molar-refractivity contribution in [3.8, 4) is 0 Å². The second-order valence-electron chi connectivity index (χ2n) is 9.11. The largest absolute Gasteiger partial charge is 0.418 e. The van der Waals surface area contributed by atoms with Crippen LogP contribution < -0.4 is 5.32 Å². The van der Waals surface area contributed by atoms with E-state index in [0.29, 0.717) is 23.3 Å². The van der Waals surface area contributed by atoms with Crippen LogP contribution in [0.3, 0.4) is 0 Å². The maximum absolute atomic E-state index is 13.7. The first-order valence-electron chi connectivity index (χ1n) is 9.84. The molecule has 0 spiro atoms. The van der Waals surface area contributed by atoms with Crippen molar-refractivity contribution in [1.29, 1.82) is 0 Å². The molecule has 32 heavy (non-hydrogen) atoms. The minimum absolute atomic E-state index is 0.152. The summed E-state index contributed by atoms with van der Waals surface area (Å²) >= 11 is 0. The minimum atomic E-state index is -4.77. The maximum Gasteiger partial charge on any atom is 0.418 e. The highest BCUT2D eigenvalue weighted by Crippen LogP contribution is 2.46. The number of pyridine rings is 1. The van der Waals surface area contributed by atoms with Gasteiger partial charge in [-0.1, -0.05) is 13.8 Å². The van der Waals surface area contributed by atoms with Gasteiger partial charge in [-0.15, -0.1) is 5.10 Å². The molecule has 1 aliphatic rings. The maximum atomic E-state index is 13.7. The quantitative estimate of drug-likeness (QED) is 0.589. The highest BCUT2D eigenvalue weighted by molar-refractivity contribution is 5.96. The smallest absolute Gasteiger partial charge is 0.384 e. The van der Waals surface area contributed by atoms with Crippen molar-refractivity contribution in [3.05, 3.63) is 53.0 Å². The van der Waals surface area contributed by atoms with Crippen molar-refractivity contribution in [3.63, 3.8) is 0 Å². The molecule has 0 radical (unpaired) electrons. The standard InChI is InChI=1S/C21H21F4N5O2/c1-19(2)7-11(12-9-26-15-6-14(22)29-30(15)17(12)19)18(31)28-10-5-13(21(23,24)25)16(27-8-10)20(3,4)32/h5-6,8-9,11,32H,7H2,1-4H3,(H,28,31)/t11-/m1/s1. The third kappa shape index (κ3) is 3.70. The Kier molecular flexibility index (Phi) is 4.81. The van der Waals surface area contributed by atoms with Crippen molar-refractivity contribution >= 4 is 17.2 Å². The Morgan fingerprint density at radius 2 is 1.91 bits per heavy atom. The van der Waals surface area contributed by atoms with Gasteiger partial charge in [-0.3, -0.25) is 9.78 Å². The van der Waals surface area contributed by atoms with Gasteiger partial charge < -0.3 is 10.4 Å². The molecule has 1 amide bonds. The molecular weight excluding hydrogens is 430 g/mol. The number of amides is 1. The molecule has 11 heteroatoms. The van der Waals surface area contributed by atoms with Crippen LogP contribution in [-0.4, -0.2) is 30.6 Å². The van der Waals surface area contributed by atoms with E-state index in [9.17, 15) is 27.5 Å². The highest BCUT2D eigenvalue weighted by atomic mass is 19.4. The lowest BCUT2D eigenvalue weighted by Crippen LogP contribution is -2.25. The van der Waals surface area contributed by atoms with Gasteiger partial charge in [-0.05, 0) is 26.3 Å². The summed E-state index contributed by atoms with van der Waals surface area (Å²) in [7, 11) is 0. The number of anilines is 1. The molecule has 4 rings (SSSR count). The molecule has 170 valence electrons. The summed E-state index contributed by atoms with van der Waals surface area (Å²) in [6.45, 7) is 6.15. The van der Waals surface area contributed by atoms with E-state index in [-0.39, 0.29) is 5.69 Å². The van der Waals surface area contributed by atoms with Gasteiger partial charge in [-0.2, -0.15) is 17.6 Å². The number of hydrogen-bond acceptors (Lipinski definition) is 5. The summed E-state index contributed by atoms with van der Waals surface area (Å²) in [5.74, 6) is -1.98. The minimum Gasteiger partial charge on any atom is -0.384 e. The van der Waals surface area contributed by atoms with Gasteiger partial charge in [0.25, 0.3) is 0 Å². The van der Waals surface area contributed by atoms with Crippen molar-refractivity contribution in [2.75, 3.05) is 5.32 Å². The number of nitrogens with one attached hydrogen (secondary N) is 1. The van der Waals surface area contributed by atoms with Gasteiger partial charge in [0.1, 0.15) is 5.60 Å². The summed E-state index contributed by atoms with van der Waals surface area (Å²) in [6, 6.07) is 1.93. The molecule has 0 aromatic carbocycles.